The van der Waals surface area contributed by atoms with Gasteiger partial charge in [0.05, 0.1) is 11.0 Å². The quantitative estimate of drug-likeness (QED) is 0.160. The summed E-state index contributed by atoms with van der Waals surface area (Å²) >= 11 is 7.72. The summed E-state index contributed by atoms with van der Waals surface area (Å²) in [5.74, 6) is 1.41. The van der Waals surface area contributed by atoms with Gasteiger partial charge in [-0.3, -0.25) is 14.3 Å². The van der Waals surface area contributed by atoms with Crippen molar-refractivity contribution in [2.24, 2.45) is 0 Å². The Morgan fingerprint density at radius 2 is 1.85 bits per heavy atom. The van der Waals surface area contributed by atoms with Crippen molar-refractivity contribution < 1.29 is 14.3 Å². The molecule has 3 heterocycles. The third-order valence-electron chi connectivity index (χ3n) is 7.29. The number of likely N-dealkylation sites (tertiary alicyclic amines) is 1. The fraction of sp³-hybridized carbons (Fsp3) is 0.250. The van der Waals surface area contributed by atoms with E-state index in [2.05, 4.69) is 40.2 Å². The van der Waals surface area contributed by atoms with Crippen LogP contribution in [0.1, 0.15) is 41.1 Å². The molecule has 1 fully saturated rings. The normalized spacial score (nSPS) is 14.4. The molecule has 0 saturated carbocycles. The summed E-state index contributed by atoms with van der Waals surface area (Å²) in [7, 11) is 0. The molecule has 3 aromatic carbocycles. The van der Waals surface area contributed by atoms with E-state index >= 15 is 0 Å². The minimum absolute atomic E-state index is 0.308. The van der Waals surface area contributed by atoms with Crippen molar-refractivity contribution in [3.05, 3.63) is 94.6 Å². The van der Waals surface area contributed by atoms with Crippen LogP contribution in [0.5, 0.6) is 11.5 Å². The van der Waals surface area contributed by atoms with Crippen LogP contribution >= 0.6 is 22.9 Å². The van der Waals surface area contributed by atoms with Crippen molar-refractivity contribution in [1.29, 1.82) is 0 Å². The summed E-state index contributed by atoms with van der Waals surface area (Å²) in [6, 6.07) is 23.9. The van der Waals surface area contributed by atoms with E-state index < -0.39 is 0 Å². The summed E-state index contributed by atoms with van der Waals surface area (Å²) < 4.78 is 14.2. The zero-order chi connectivity index (χ0) is 27.5. The lowest BCUT2D eigenvalue weighted by Crippen LogP contribution is -2.25. The van der Waals surface area contributed by atoms with Gasteiger partial charge in [-0.2, -0.15) is 0 Å². The van der Waals surface area contributed by atoms with Crippen molar-refractivity contribution in [3.63, 3.8) is 0 Å². The Hall–Kier alpha value is -3.65. The van der Waals surface area contributed by atoms with Crippen molar-refractivity contribution in [2.45, 2.75) is 25.9 Å². The predicted octanol–water partition coefficient (Wildman–Crippen LogP) is 7.83. The number of aromatic nitrogens is 2. The second-order valence-electron chi connectivity index (χ2n) is 9.96. The van der Waals surface area contributed by atoms with E-state index in [1.165, 1.54) is 37.3 Å². The number of aldehydes is 1. The lowest BCUT2D eigenvalue weighted by molar-refractivity contribution is 0.112. The van der Waals surface area contributed by atoms with Gasteiger partial charge in [-0.15, -0.1) is 11.3 Å². The van der Waals surface area contributed by atoms with E-state index in [-0.39, 0.29) is 6.10 Å². The van der Waals surface area contributed by atoms with Crippen LogP contribution in [0.2, 0.25) is 5.02 Å². The van der Waals surface area contributed by atoms with Gasteiger partial charge in [0.25, 0.3) is 0 Å². The molecule has 1 atom stereocenters. The van der Waals surface area contributed by atoms with Crippen LogP contribution in [-0.2, 0) is 0 Å². The van der Waals surface area contributed by atoms with Crippen LogP contribution in [0, 0.1) is 0 Å². The Morgan fingerprint density at radius 1 is 1.02 bits per heavy atom. The third-order valence-corrected chi connectivity index (χ3v) is 8.68. The van der Waals surface area contributed by atoms with Crippen molar-refractivity contribution >= 4 is 40.3 Å². The van der Waals surface area contributed by atoms with Crippen LogP contribution in [0.15, 0.2) is 79.1 Å². The minimum atomic E-state index is -0.308. The Kier molecular flexibility index (Phi) is 7.86. The molecule has 0 unspecified atom stereocenters. The lowest BCUT2D eigenvalue weighted by atomic mass is 10.0. The maximum atomic E-state index is 11.9. The number of ether oxygens (including phenoxy) is 2. The van der Waals surface area contributed by atoms with Crippen molar-refractivity contribution in [2.75, 3.05) is 26.2 Å². The van der Waals surface area contributed by atoms with E-state index in [0.29, 0.717) is 22.3 Å². The van der Waals surface area contributed by atoms with Gasteiger partial charge in [0.1, 0.15) is 40.4 Å². The molecule has 204 valence electrons. The summed E-state index contributed by atoms with van der Waals surface area (Å²) in [6.45, 7) is 5.93. The van der Waals surface area contributed by atoms with E-state index in [4.69, 9.17) is 21.1 Å². The summed E-state index contributed by atoms with van der Waals surface area (Å²) in [5, 5.41) is 1.49. The average molecular weight is 572 g/mol. The number of thiophene rings is 1. The number of halogens is 1. The summed E-state index contributed by atoms with van der Waals surface area (Å²) in [4.78, 5) is 19.5. The fourth-order valence-corrected chi connectivity index (χ4v) is 6.34. The van der Waals surface area contributed by atoms with Gasteiger partial charge in [0.2, 0.25) is 0 Å². The molecule has 0 radical (unpaired) electrons. The van der Waals surface area contributed by atoms with Crippen LogP contribution < -0.4 is 9.47 Å². The standard InChI is InChI=1S/C32H30ClN3O3S/c1-22(26-9-2-3-10-27(26)33)39-30-19-32(40-31(30)20-37)36-21-34-28-18-24(11-12-29(28)36)23-7-6-8-25(17-23)38-16-15-35-13-4-5-14-35/h2-3,6-12,17-22H,4-5,13-16H2,1H3/t22-/m1/s1. The first-order valence-corrected chi connectivity index (χ1v) is 14.7. The molecule has 0 amide bonds. The van der Waals surface area contributed by atoms with E-state index in [1.54, 1.807) is 6.33 Å². The van der Waals surface area contributed by atoms with Gasteiger partial charge in [-0.25, -0.2) is 4.98 Å². The highest BCUT2D eigenvalue weighted by Gasteiger charge is 2.18. The number of carbonyl (C=O) groups is 1. The highest BCUT2D eigenvalue weighted by Crippen LogP contribution is 2.37. The van der Waals surface area contributed by atoms with Crippen molar-refractivity contribution in [3.8, 4) is 27.6 Å². The second-order valence-corrected chi connectivity index (χ2v) is 11.4. The number of rotatable bonds is 10. The van der Waals surface area contributed by atoms with E-state index in [0.717, 1.165) is 51.3 Å². The molecule has 6 rings (SSSR count). The molecule has 40 heavy (non-hydrogen) atoms. The topological polar surface area (TPSA) is 56.6 Å². The van der Waals surface area contributed by atoms with Gasteiger partial charge in [0, 0.05) is 23.2 Å². The molecule has 0 spiro atoms. The maximum Gasteiger partial charge on any atom is 0.163 e. The Balaban J connectivity index is 1.21. The van der Waals surface area contributed by atoms with Gasteiger partial charge >= 0.3 is 0 Å². The van der Waals surface area contributed by atoms with Gasteiger partial charge in [0.15, 0.2) is 6.29 Å². The molecule has 5 aromatic rings. The first-order valence-electron chi connectivity index (χ1n) is 13.5. The first kappa shape index (κ1) is 26.6. The third kappa shape index (κ3) is 5.63. The van der Waals surface area contributed by atoms with Crippen LogP contribution in [0.25, 0.3) is 27.2 Å². The molecular weight excluding hydrogens is 542 g/mol. The Labute approximate surface area is 242 Å². The van der Waals surface area contributed by atoms with Gasteiger partial charge < -0.3 is 9.47 Å². The molecule has 1 aliphatic heterocycles. The maximum absolute atomic E-state index is 11.9. The molecule has 2 aromatic heterocycles. The highest BCUT2D eigenvalue weighted by atomic mass is 35.5. The summed E-state index contributed by atoms with van der Waals surface area (Å²) in [6.07, 6.45) is 4.89. The number of benzene rings is 3. The van der Waals surface area contributed by atoms with Crippen LogP contribution in [-0.4, -0.2) is 47.0 Å². The summed E-state index contributed by atoms with van der Waals surface area (Å²) in [5.41, 5.74) is 4.84. The van der Waals surface area contributed by atoms with Gasteiger partial charge in [-0.1, -0.05) is 48.0 Å². The largest absolute Gasteiger partial charge is 0.492 e. The Bertz CT molecular complexity index is 1640. The number of hydrogen-bond acceptors (Lipinski definition) is 6. The lowest BCUT2D eigenvalue weighted by Gasteiger charge is -2.15. The predicted molar refractivity (Wildman–Crippen MR) is 161 cm³/mol. The number of carbonyl (C=O) groups excluding carboxylic acids is 1. The molecule has 8 heteroatoms. The molecule has 1 aliphatic rings. The highest BCUT2D eigenvalue weighted by molar-refractivity contribution is 7.16. The fourth-order valence-electron chi connectivity index (χ4n) is 5.16. The second kappa shape index (κ2) is 11.8. The first-order chi connectivity index (χ1) is 19.6. The molecule has 6 nitrogen and oxygen atoms in total. The average Bonchev–Trinajstić information content (AvgIpc) is 3.73. The van der Waals surface area contributed by atoms with Crippen molar-refractivity contribution in [1.82, 2.24) is 14.5 Å². The monoisotopic (exact) mass is 571 g/mol. The zero-order valence-electron chi connectivity index (χ0n) is 22.3. The Morgan fingerprint density at radius 3 is 2.67 bits per heavy atom. The molecule has 1 saturated heterocycles. The number of fused-ring (bicyclic) bond motifs is 1. The number of hydrogen-bond donors (Lipinski definition) is 0. The molecular formula is C32H30ClN3O3S. The van der Waals surface area contributed by atoms with Gasteiger partial charge in [-0.05, 0) is 74.3 Å². The SMILES string of the molecule is C[C@@H](Oc1cc(-n2cnc3cc(-c4cccc(OCCN5CCCC5)c4)ccc32)sc1C=O)c1ccccc1Cl. The smallest absolute Gasteiger partial charge is 0.163 e. The molecule has 0 aliphatic carbocycles. The number of imidazole rings is 1. The van der Waals surface area contributed by atoms with E-state index in [9.17, 15) is 4.79 Å². The van der Waals surface area contributed by atoms with Crippen LogP contribution in [0.3, 0.4) is 0 Å². The molecule has 0 bridgehead atoms. The van der Waals surface area contributed by atoms with Crippen LogP contribution in [0.4, 0.5) is 0 Å². The number of nitrogens with zero attached hydrogens (tertiary/aromatic N) is 3. The van der Waals surface area contributed by atoms with E-state index in [1.807, 2.05) is 54.0 Å². The minimum Gasteiger partial charge on any atom is -0.492 e. The molecule has 0 N–H and O–H groups in total. The zero-order valence-corrected chi connectivity index (χ0v) is 23.8.